The zero-order valence-corrected chi connectivity index (χ0v) is 21.7. The molecule has 1 spiro atoms. The first-order valence-corrected chi connectivity index (χ1v) is 12.7. The summed E-state index contributed by atoms with van der Waals surface area (Å²) in [6, 6.07) is 10.4. The topological polar surface area (TPSA) is 72.0 Å². The van der Waals surface area contributed by atoms with E-state index in [1.165, 1.54) is 26.4 Å². The first-order chi connectivity index (χ1) is 18.8. The number of hydrogen-bond acceptors (Lipinski definition) is 5. The Morgan fingerprint density at radius 1 is 0.846 bits per heavy atom. The van der Waals surface area contributed by atoms with Crippen LogP contribution in [0.5, 0.6) is 11.5 Å². The standard InChI is InChI=1S/C29H28F3N3O4/c1-38-19-14-18(15-20(16-19)39-2)27(36)34-12-4-10-29(17-34)11-5-13-35(29)28(37)24-9-8-23(32)26(33-24)25-21(30)6-3-7-22(25)31/h3,6-9,14-16H,4-5,10-13,17H2,1-2H3. The van der Waals surface area contributed by atoms with Crippen molar-refractivity contribution in [2.75, 3.05) is 33.9 Å². The number of benzene rings is 2. The summed E-state index contributed by atoms with van der Waals surface area (Å²) in [5, 5.41) is 0. The second-order valence-electron chi connectivity index (χ2n) is 9.84. The quantitative estimate of drug-likeness (QED) is 0.452. The number of hydrogen-bond donors (Lipinski definition) is 0. The van der Waals surface area contributed by atoms with Crippen LogP contribution in [0, 0.1) is 17.5 Å². The maximum absolute atomic E-state index is 14.6. The van der Waals surface area contributed by atoms with E-state index in [9.17, 15) is 22.8 Å². The normalized spacial score (nSPS) is 18.9. The Hall–Kier alpha value is -4.08. The van der Waals surface area contributed by atoms with Crippen molar-refractivity contribution in [2.24, 2.45) is 0 Å². The lowest BCUT2D eigenvalue weighted by molar-refractivity contribution is 0.0271. The fourth-order valence-electron chi connectivity index (χ4n) is 5.68. The fraction of sp³-hybridized carbons (Fsp3) is 0.345. The number of ether oxygens (including phenoxy) is 2. The number of nitrogens with zero attached hydrogens (tertiary/aromatic N) is 3. The molecule has 10 heteroatoms. The summed E-state index contributed by atoms with van der Waals surface area (Å²) >= 11 is 0. The van der Waals surface area contributed by atoms with Crippen molar-refractivity contribution < 1.29 is 32.2 Å². The van der Waals surface area contributed by atoms with Gasteiger partial charge < -0.3 is 19.3 Å². The number of rotatable bonds is 5. The monoisotopic (exact) mass is 539 g/mol. The third kappa shape index (κ3) is 4.91. The van der Waals surface area contributed by atoms with Crippen molar-refractivity contribution in [1.29, 1.82) is 0 Å². The van der Waals surface area contributed by atoms with Gasteiger partial charge in [0, 0.05) is 31.3 Å². The minimum Gasteiger partial charge on any atom is -0.497 e. The predicted molar refractivity (Wildman–Crippen MR) is 137 cm³/mol. The summed E-state index contributed by atoms with van der Waals surface area (Å²) < 4.78 is 54.0. The van der Waals surface area contributed by atoms with Crippen molar-refractivity contribution in [3.63, 3.8) is 0 Å². The fourth-order valence-corrected chi connectivity index (χ4v) is 5.68. The van der Waals surface area contributed by atoms with Gasteiger partial charge in [0.1, 0.15) is 40.3 Å². The Morgan fingerprint density at radius 2 is 1.49 bits per heavy atom. The van der Waals surface area contributed by atoms with E-state index in [4.69, 9.17) is 9.47 Å². The molecular formula is C29H28F3N3O4. The van der Waals surface area contributed by atoms with E-state index in [0.29, 0.717) is 56.0 Å². The third-order valence-electron chi connectivity index (χ3n) is 7.55. The molecule has 2 saturated heterocycles. The molecule has 0 radical (unpaired) electrons. The lowest BCUT2D eigenvalue weighted by Crippen LogP contribution is -2.58. The molecule has 0 bridgehead atoms. The molecule has 1 atom stereocenters. The van der Waals surface area contributed by atoms with Crippen LogP contribution in [0.4, 0.5) is 13.2 Å². The highest BCUT2D eigenvalue weighted by Crippen LogP contribution is 2.39. The molecular weight excluding hydrogens is 511 g/mol. The molecule has 3 heterocycles. The number of pyridine rings is 1. The van der Waals surface area contributed by atoms with Gasteiger partial charge in [0.05, 0.1) is 25.3 Å². The number of piperidine rings is 1. The number of carbonyl (C=O) groups is 2. The van der Waals surface area contributed by atoms with Gasteiger partial charge in [0.2, 0.25) is 0 Å². The Morgan fingerprint density at radius 3 is 2.13 bits per heavy atom. The van der Waals surface area contributed by atoms with Crippen LogP contribution >= 0.6 is 0 Å². The molecule has 204 valence electrons. The first kappa shape index (κ1) is 26.5. The minimum absolute atomic E-state index is 0.115. The van der Waals surface area contributed by atoms with Crippen molar-refractivity contribution in [3.8, 4) is 22.8 Å². The molecule has 2 aliphatic heterocycles. The molecule has 39 heavy (non-hydrogen) atoms. The largest absolute Gasteiger partial charge is 0.497 e. The number of methoxy groups -OCH3 is 2. The third-order valence-corrected chi connectivity index (χ3v) is 7.55. The highest BCUT2D eigenvalue weighted by molar-refractivity contribution is 5.96. The molecule has 0 saturated carbocycles. The SMILES string of the molecule is COc1cc(OC)cc(C(=O)N2CCCC3(CCCN3C(=O)c3ccc(F)c(-c4c(F)cccc4F)n3)C2)c1. The average Bonchev–Trinajstić information content (AvgIpc) is 3.34. The summed E-state index contributed by atoms with van der Waals surface area (Å²) in [6.45, 7) is 1.26. The van der Waals surface area contributed by atoms with E-state index in [1.54, 1.807) is 28.0 Å². The Balaban J connectivity index is 1.43. The van der Waals surface area contributed by atoms with Gasteiger partial charge in [-0.05, 0) is 62.1 Å². The van der Waals surface area contributed by atoms with Crippen molar-refractivity contribution in [3.05, 3.63) is 77.2 Å². The van der Waals surface area contributed by atoms with Crippen LogP contribution in [0.3, 0.4) is 0 Å². The van der Waals surface area contributed by atoms with E-state index in [1.807, 2.05) is 0 Å². The highest BCUT2D eigenvalue weighted by Gasteiger charge is 2.47. The molecule has 0 aliphatic carbocycles. The maximum atomic E-state index is 14.6. The zero-order valence-electron chi connectivity index (χ0n) is 21.7. The summed E-state index contributed by atoms with van der Waals surface area (Å²) in [6.07, 6.45) is 2.76. The van der Waals surface area contributed by atoms with Crippen molar-refractivity contribution >= 4 is 11.8 Å². The first-order valence-electron chi connectivity index (χ1n) is 12.7. The second kappa shape index (κ2) is 10.6. The molecule has 2 fully saturated rings. The second-order valence-corrected chi connectivity index (χ2v) is 9.84. The summed E-state index contributed by atoms with van der Waals surface area (Å²) in [5.74, 6) is -2.57. The van der Waals surface area contributed by atoms with E-state index in [0.717, 1.165) is 24.6 Å². The molecule has 2 aliphatic rings. The Labute approximate surface area is 224 Å². The van der Waals surface area contributed by atoms with Gasteiger partial charge in [-0.2, -0.15) is 0 Å². The summed E-state index contributed by atoms with van der Waals surface area (Å²) in [5.41, 5.74) is -1.51. The number of halogens is 3. The van der Waals surface area contributed by atoms with Gasteiger partial charge in [0.25, 0.3) is 11.8 Å². The predicted octanol–water partition coefficient (Wildman–Crippen LogP) is 5.09. The van der Waals surface area contributed by atoms with Crippen LogP contribution in [-0.2, 0) is 0 Å². The van der Waals surface area contributed by atoms with E-state index < -0.39 is 40.2 Å². The molecule has 2 amide bonds. The number of aromatic nitrogens is 1. The molecule has 3 aromatic rings. The molecule has 1 unspecified atom stereocenters. The summed E-state index contributed by atoms with van der Waals surface area (Å²) in [4.78, 5) is 34.7. The van der Waals surface area contributed by atoms with Crippen LogP contribution < -0.4 is 9.47 Å². The van der Waals surface area contributed by atoms with Crippen LogP contribution in [0.1, 0.15) is 46.5 Å². The van der Waals surface area contributed by atoms with E-state index >= 15 is 0 Å². The van der Waals surface area contributed by atoms with Gasteiger partial charge >= 0.3 is 0 Å². The van der Waals surface area contributed by atoms with Gasteiger partial charge in [-0.3, -0.25) is 9.59 Å². The van der Waals surface area contributed by atoms with E-state index in [2.05, 4.69) is 4.98 Å². The average molecular weight is 540 g/mol. The lowest BCUT2D eigenvalue weighted by atomic mass is 9.85. The zero-order chi connectivity index (χ0) is 27.7. The van der Waals surface area contributed by atoms with Crippen LogP contribution in [0.15, 0.2) is 48.5 Å². The van der Waals surface area contributed by atoms with Crippen molar-refractivity contribution in [2.45, 2.75) is 31.2 Å². The van der Waals surface area contributed by atoms with Gasteiger partial charge in [-0.1, -0.05) is 6.07 Å². The Kier molecular flexibility index (Phi) is 7.20. The molecule has 0 N–H and O–H groups in total. The van der Waals surface area contributed by atoms with Gasteiger partial charge in [0.15, 0.2) is 0 Å². The maximum Gasteiger partial charge on any atom is 0.272 e. The van der Waals surface area contributed by atoms with Crippen molar-refractivity contribution in [1.82, 2.24) is 14.8 Å². The van der Waals surface area contributed by atoms with Crippen LogP contribution in [0.25, 0.3) is 11.3 Å². The van der Waals surface area contributed by atoms with Gasteiger partial charge in [-0.15, -0.1) is 0 Å². The number of amides is 2. The summed E-state index contributed by atoms with van der Waals surface area (Å²) in [7, 11) is 3.02. The molecule has 1 aromatic heterocycles. The minimum atomic E-state index is -0.973. The Bertz CT molecular complexity index is 1390. The van der Waals surface area contributed by atoms with Gasteiger partial charge in [-0.25, -0.2) is 18.2 Å². The lowest BCUT2D eigenvalue weighted by Gasteiger charge is -2.46. The van der Waals surface area contributed by atoms with Crippen LogP contribution in [-0.4, -0.2) is 66.0 Å². The van der Waals surface area contributed by atoms with E-state index in [-0.39, 0.29) is 11.6 Å². The molecule has 5 rings (SSSR count). The molecule has 2 aromatic carbocycles. The number of carbonyl (C=O) groups excluding carboxylic acids is 2. The smallest absolute Gasteiger partial charge is 0.272 e. The highest BCUT2D eigenvalue weighted by atomic mass is 19.1. The number of likely N-dealkylation sites (tertiary alicyclic amines) is 2. The molecule has 7 nitrogen and oxygen atoms in total. The van der Waals surface area contributed by atoms with Crippen LogP contribution in [0.2, 0.25) is 0 Å².